The molecule has 2 aromatic rings. The summed E-state index contributed by atoms with van der Waals surface area (Å²) in [6, 6.07) is 15.4. The first-order valence-corrected chi connectivity index (χ1v) is 11.0. The molecule has 6 nitrogen and oxygen atoms in total. The van der Waals surface area contributed by atoms with E-state index in [1.165, 1.54) is 0 Å². The highest BCUT2D eigenvalue weighted by Gasteiger charge is 2.25. The molecule has 0 aromatic heterocycles. The zero-order chi connectivity index (χ0) is 23.9. The van der Waals surface area contributed by atoms with Crippen molar-refractivity contribution in [3.8, 4) is 11.1 Å². The van der Waals surface area contributed by atoms with Gasteiger partial charge in [-0.2, -0.15) is 0 Å². The van der Waals surface area contributed by atoms with Gasteiger partial charge < -0.3 is 14.6 Å². The topological polar surface area (TPSA) is 76.1 Å². The standard InChI is InChI=1S/C25H32ClNO5/c1-17(2)31-24(30)22(28)15-27(16-23(29)32-25(3,4)5)14-18-9-11-19(12-10-18)20-7-6-8-21(26)13-20/h6-13,17,22,28H,14-16H2,1-5H3/t22-/m0/s1. The summed E-state index contributed by atoms with van der Waals surface area (Å²) in [5.74, 6) is -1.15. The summed E-state index contributed by atoms with van der Waals surface area (Å²) in [4.78, 5) is 26.1. The molecular formula is C25H32ClNO5. The molecule has 1 atom stereocenters. The van der Waals surface area contributed by atoms with E-state index in [-0.39, 0.29) is 19.2 Å². The lowest BCUT2D eigenvalue weighted by atomic mass is 10.0. The largest absolute Gasteiger partial charge is 0.461 e. The first-order chi connectivity index (χ1) is 14.9. The lowest BCUT2D eigenvalue weighted by molar-refractivity contribution is -0.162. The van der Waals surface area contributed by atoms with Gasteiger partial charge in [0.25, 0.3) is 0 Å². The number of carbonyl (C=O) groups excluding carboxylic acids is 2. The minimum Gasteiger partial charge on any atom is -0.461 e. The van der Waals surface area contributed by atoms with E-state index in [0.29, 0.717) is 11.6 Å². The number of hydrogen-bond acceptors (Lipinski definition) is 6. The van der Waals surface area contributed by atoms with Crippen LogP contribution >= 0.6 is 11.6 Å². The van der Waals surface area contributed by atoms with Crippen LogP contribution in [0.3, 0.4) is 0 Å². The molecule has 7 heteroatoms. The normalized spacial score (nSPS) is 12.7. The number of halogens is 1. The molecule has 0 spiro atoms. The minimum absolute atomic E-state index is 0.0547. The smallest absolute Gasteiger partial charge is 0.336 e. The number of benzene rings is 2. The Kier molecular flexibility index (Phi) is 9.25. The number of ether oxygens (including phenoxy) is 2. The van der Waals surface area contributed by atoms with E-state index in [1.807, 2.05) is 48.5 Å². The maximum absolute atomic E-state index is 12.4. The summed E-state index contributed by atoms with van der Waals surface area (Å²) < 4.78 is 10.5. The number of aliphatic hydroxyl groups is 1. The van der Waals surface area contributed by atoms with Crippen molar-refractivity contribution >= 4 is 23.5 Å². The van der Waals surface area contributed by atoms with Gasteiger partial charge in [-0.25, -0.2) is 4.79 Å². The first-order valence-electron chi connectivity index (χ1n) is 10.6. The summed E-state index contributed by atoms with van der Waals surface area (Å²) in [5, 5.41) is 11.0. The summed E-state index contributed by atoms with van der Waals surface area (Å²) >= 11 is 6.08. The van der Waals surface area contributed by atoms with Gasteiger partial charge in [0.05, 0.1) is 12.6 Å². The molecule has 0 heterocycles. The SMILES string of the molecule is CC(C)OC(=O)[C@@H](O)CN(CC(=O)OC(C)(C)C)Cc1ccc(-c2cccc(Cl)c2)cc1. The number of aliphatic hydroxyl groups excluding tert-OH is 1. The number of esters is 2. The Morgan fingerprint density at radius 3 is 2.28 bits per heavy atom. The highest BCUT2D eigenvalue weighted by atomic mass is 35.5. The van der Waals surface area contributed by atoms with E-state index < -0.39 is 23.6 Å². The van der Waals surface area contributed by atoms with Crippen molar-refractivity contribution in [3.63, 3.8) is 0 Å². The van der Waals surface area contributed by atoms with Crippen molar-refractivity contribution in [2.24, 2.45) is 0 Å². The lowest BCUT2D eigenvalue weighted by Gasteiger charge is -2.26. The van der Waals surface area contributed by atoms with E-state index in [9.17, 15) is 14.7 Å². The maximum Gasteiger partial charge on any atom is 0.336 e. The van der Waals surface area contributed by atoms with Crippen LogP contribution in [0.25, 0.3) is 11.1 Å². The molecule has 0 aliphatic heterocycles. The molecule has 0 fully saturated rings. The third-order valence-corrected chi connectivity index (χ3v) is 4.58. The summed E-state index contributed by atoms with van der Waals surface area (Å²) in [7, 11) is 0. The van der Waals surface area contributed by atoms with Gasteiger partial charge in [0.15, 0.2) is 6.10 Å². The van der Waals surface area contributed by atoms with Crippen LogP contribution in [-0.2, 0) is 25.6 Å². The van der Waals surface area contributed by atoms with Crippen LogP contribution in [0.5, 0.6) is 0 Å². The average molecular weight is 462 g/mol. The maximum atomic E-state index is 12.4. The number of rotatable bonds is 9. The van der Waals surface area contributed by atoms with Crippen molar-refractivity contribution in [2.45, 2.75) is 59.0 Å². The van der Waals surface area contributed by atoms with Crippen LogP contribution < -0.4 is 0 Å². The van der Waals surface area contributed by atoms with Gasteiger partial charge in [0, 0.05) is 18.1 Å². The number of carbonyl (C=O) groups is 2. The quantitative estimate of drug-likeness (QED) is 0.555. The number of nitrogens with zero attached hydrogens (tertiary/aromatic N) is 1. The molecule has 0 aliphatic rings. The van der Waals surface area contributed by atoms with E-state index in [0.717, 1.165) is 16.7 Å². The Labute approximate surface area is 195 Å². The fourth-order valence-electron chi connectivity index (χ4n) is 3.10. The van der Waals surface area contributed by atoms with Crippen molar-refractivity contribution in [1.82, 2.24) is 4.90 Å². The molecule has 1 N–H and O–H groups in total. The summed E-state index contributed by atoms with van der Waals surface area (Å²) in [6.45, 7) is 9.02. The second-order valence-corrected chi connectivity index (χ2v) is 9.40. The molecule has 0 bridgehead atoms. The van der Waals surface area contributed by atoms with E-state index in [2.05, 4.69) is 0 Å². The van der Waals surface area contributed by atoms with Crippen LogP contribution in [0.4, 0.5) is 0 Å². The predicted octanol–water partition coefficient (Wildman–Crippen LogP) is 4.46. The fraction of sp³-hybridized carbons (Fsp3) is 0.440. The molecule has 2 aromatic carbocycles. The van der Waals surface area contributed by atoms with Gasteiger partial charge in [-0.3, -0.25) is 9.69 Å². The highest BCUT2D eigenvalue weighted by Crippen LogP contribution is 2.23. The van der Waals surface area contributed by atoms with E-state index >= 15 is 0 Å². The Bertz CT molecular complexity index is 905. The van der Waals surface area contributed by atoms with Crippen molar-refractivity contribution in [1.29, 1.82) is 0 Å². The number of hydrogen-bond donors (Lipinski definition) is 1. The first kappa shape index (κ1) is 25.8. The molecule has 174 valence electrons. The van der Waals surface area contributed by atoms with Crippen LogP contribution in [-0.4, -0.2) is 52.8 Å². The predicted molar refractivity (Wildman–Crippen MR) is 125 cm³/mol. The van der Waals surface area contributed by atoms with Crippen LogP contribution in [0.2, 0.25) is 5.02 Å². The third-order valence-electron chi connectivity index (χ3n) is 4.35. The zero-order valence-electron chi connectivity index (χ0n) is 19.3. The van der Waals surface area contributed by atoms with Gasteiger partial charge in [0.2, 0.25) is 0 Å². The lowest BCUT2D eigenvalue weighted by Crippen LogP contribution is -2.42. The van der Waals surface area contributed by atoms with Crippen LogP contribution in [0.15, 0.2) is 48.5 Å². The van der Waals surface area contributed by atoms with Crippen molar-refractivity contribution in [2.75, 3.05) is 13.1 Å². The van der Waals surface area contributed by atoms with Crippen LogP contribution in [0.1, 0.15) is 40.2 Å². The Hall–Kier alpha value is -2.41. The van der Waals surface area contributed by atoms with Crippen molar-refractivity contribution in [3.05, 3.63) is 59.1 Å². The fourth-order valence-corrected chi connectivity index (χ4v) is 3.29. The third kappa shape index (κ3) is 8.99. The molecular weight excluding hydrogens is 430 g/mol. The zero-order valence-corrected chi connectivity index (χ0v) is 20.1. The van der Waals surface area contributed by atoms with Gasteiger partial charge in [-0.05, 0) is 63.4 Å². The van der Waals surface area contributed by atoms with E-state index in [1.54, 1.807) is 39.5 Å². The van der Waals surface area contributed by atoms with Crippen molar-refractivity contribution < 1.29 is 24.2 Å². The molecule has 2 rings (SSSR count). The Morgan fingerprint density at radius 1 is 1.06 bits per heavy atom. The summed E-state index contributed by atoms with van der Waals surface area (Å²) in [6.07, 6.45) is -1.71. The highest BCUT2D eigenvalue weighted by molar-refractivity contribution is 6.30. The van der Waals surface area contributed by atoms with Gasteiger partial charge in [-0.1, -0.05) is 48.0 Å². The monoisotopic (exact) mass is 461 g/mol. The second-order valence-electron chi connectivity index (χ2n) is 8.96. The van der Waals surface area contributed by atoms with Gasteiger partial charge in [-0.15, -0.1) is 0 Å². The second kappa shape index (κ2) is 11.5. The van der Waals surface area contributed by atoms with E-state index in [4.69, 9.17) is 21.1 Å². The molecule has 0 aliphatic carbocycles. The minimum atomic E-state index is -1.37. The molecule has 32 heavy (non-hydrogen) atoms. The molecule has 0 amide bonds. The molecule has 0 saturated carbocycles. The van der Waals surface area contributed by atoms with Gasteiger partial charge >= 0.3 is 11.9 Å². The van der Waals surface area contributed by atoms with Crippen LogP contribution in [0, 0.1) is 0 Å². The molecule has 0 radical (unpaired) electrons. The summed E-state index contributed by atoms with van der Waals surface area (Å²) in [5.41, 5.74) is 2.30. The molecule has 0 unspecified atom stereocenters. The molecule has 0 saturated heterocycles. The average Bonchev–Trinajstić information content (AvgIpc) is 2.66. The Morgan fingerprint density at radius 2 is 1.72 bits per heavy atom. The Balaban J connectivity index is 2.13. The van der Waals surface area contributed by atoms with Gasteiger partial charge in [0.1, 0.15) is 5.60 Å².